The summed E-state index contributed by atoms with van der Waals surface area (Å²) in [7, 11) is -4.01. The lowest BCUT2D eigenvalue weighted by molar-refractivity contribution is -0.384. The third-order valence-corrected chi connectivity index (χ3v) is 6.67. The van der Waals surface area contributed by atoms with E-state index in [1.807, 2.05) is 6.92 Å². The largest absolute Gasteiger partial charge is 0.354 e. The molecule has 35 heavy (non-hydrogen) atoms. The summed E-state index contributed by atoms with van der Waals surface area (Å²) in [5.41, 5.74) is 0.790. The fourth-order valence-electron chi connectivity index (χ4n) is 3.39. The number of sulfonamides is 1. The topological polar surface area (TPSA) is 130 Å². The zero-order valence-electron chi connectivity index (χ0n) is 20.0. The molecule has 1 atom stereocenters. The van der Waals surface area contributed by atoms with Crippen molar-refractivity contribution >= 4 is 44.8 Å². The summed E-state index contributed by atoms with van der Waals surface area (Å²) in [4.78, 5) is 38.1. The van der Waals surface area contributed by atoms with Crippen LogP contribution in [0.5, 0.6) is 0 Å². The van der Waals surface area contributed by atoms with Gasteiger partial charge < -0.3 is 10.2 Å². The Hall–Kier alpha value is -3.18. The second-order valence-electron chi connectivity index (χ2n) is 8.12. The Morgan fingerprint density at radius 3 is 2.46 bits per heavy atom. The van der Waals surface area contributed by atoms with Gasteiger partial charge in [-0.3, -0.25) is 24.0 Å². The Morgan fingerprint density at radius 1 is 1.20 bits per heavy atom. The summed E-state index contributed by atoms with van der Waals surface area (Å²) in [6.07, 6.45) is 1.62. The third kappa shape index (κ3) is 7.66. The first kappa shape index (κ1) is 28.1. The van der Waals surface area contributed by atoms with Gasteiger partial charge in [0.25, 0.3) is 5.69 Å². The van der Waals surface area contributed by atoms with Crippen molar-refractivity contribution in [3.63, 3.8) is 0 Å². The van der Waals surface area contributed by atoms with Crippen molar-refractivity contribution in [2.45, 2.75) is 39.8 Å². The second-order valence-corrected chi connectivity index (χ2v) is 10.5. The van der Waals surface area contributed by atoms with Gasteiger partial charge >= 0.3 is 0 Å². The number of non-ortho nitro benzene ring substituents is 1. The van der Waals surface area contributed by atoms with Crippen LogP contribution in [0.4, 0.5) is 11.4 Å². The van der Waals surface area contributed by atoms with Crippen LogP contribution in [-0.4, -0.2) is 55.4 Å². The van der Waals surface area contributed by atoms with E-state index < -0.39 is 33.4 Å². The highest BCUT2D eigenvalue weighted by Crippen LogP contribution is 2.28. The molecule has 0 fully saturated rings. The molecular weight excluding hydrogens is 496 g/mol. The molecule has 0 aliphatic heterocycles. The van der Waals surface area contributed by atoms with Gasteiger partial charge in [-0.15, -0.1) is 0 Å². The Bertz CT molecular complexity index is 1200. The van der Waals surface area contributed by atoms with Gasteiger partial charge in [-0.1, -0.05) is 36.7 Å². The van der Waals surface area contributed by atoms with E-state index in [4.69, 9.17) is 11.6 Å². The monoisotopic (exact) mass is 524 g/mol. The van der Waals surface area contributed by atoms with Crippen LogP contribution in [0.15, 0.2) is 42.5 Å². The summed E-state index contributed by atoms with van der Waals surface area (Å²) < 4.78 is 26.1. The molecule has 2 aromatic rings. The summed E-state index contributed by atoms with van der Waals surface area (Å²) in [6.45, 7) is 4.82. The summed E-state index contributed by atoms with van der Waals surface area (Å²) in [6, 6.07) is 9.64. The number of aryl methyl sites for hydroxylation is 1. The van der Waals surface area contributed by atoms with E-state index in [2.05, 4.69) is 5.32 Å². The molecule has 12 heteroatoms. The minimum Gasteiger partial charge on any atom is -0.354 e. The fraction of sp³-hybridized carbons (Fsp3) is 0.391. The number of halogens is 1. The Labute approximate surface area is 210 Å². The van der Waals surface area contributed by atoms with Crippen LogP contribution in [0.1, 0.15) is 31.4 Å². The van der Waals surface area contributed by atoms with Crippen LogP contribution in [0.2, 0.25) is 5.02 Å². The SMILES string of the molecule is CCCNC(=O)[C@H](C)N(Cc1cccc(Cl)c1)C(=O)CN(c1cc([N+](=O)[O-])ccc1C)S(C)(=O)=O. The molecule has 0 aliphatic carbocycles. The number of hydrogen-bond acceptors (Lipinski definition) is 6. The number of amides is 2. The number of anilines is 1. The maximum absolute atomic E-state index is 13.5. The lowest BCUT2D eigenvalue weighted by Crippen LogP contribution is -2.51. The zero-order chi connectivity index (χ0) is 26.3. The molecule has 0 bridgehead atoms. The molecule has 0 unspecified atom stereocenters. The first-order valence-corrected chi connectivity index (χ1v) is 13.1. The summed E-state index contributed by atoms with van der Waals surface area (Å²) in [5, 5.41) is 14.4. The number of hydrogen-bond donors (Lipinski definition) is 1. The molecule has 0 aliphatic rings. The second kappa shape index (κ2) is 12.0. The van der Waals surface area contributed by atoms with E-state index >= 15 is 0 Å². The highest BCUT2D eigenvalue weighted by molar-refractivity contribution is 7.92. The minimum atomic E-state index is -4.01. The normalized spacial score (nSPS) is 12.0. The van der Waals surface area contributed by atoms with Crippen LogP contribution in [-0.2, 0) is 26.2 Å². The van der Waals surface area contributed by atoms with Crippen molar-refractivity contribution in [2.75, 3.05) is 23.7 Å². The molecule has 10 nitrogen and oxygen atoms in total. The molecule has 0 saturated heterocycles. The van der Waals surface area contributed by atoms with Gasteiger partial charge in [0.05, 0.1) is 16.9 Å². The van der Waals surface area contributed by atoms with E-state index in [-0.39, 0.29) is 23.8 Å². The van der Waals surface area contributed by atoms with Crippen molar-refractivity contribution in [3.8, 4) is 0 Å². The third-order valence-electron chi connectivity index (χ3n) is 5.31. The molecule has 190 valence electrons. The number of nitro benzene ring substituents is 1. The van der Waals surface area contributed by atoms with Gasteiger partial charge in [0.2, 0.25) is 21.8 Å². The van der Waals surface area contributed by atoms with Crippen LogP contribution in [0.3, 0.4) is 0 Å². The number of carbonyl (C=O) groups excluding carboxylic acids is 2. The molecule has 0 saturated carbocycles. The predicted octanol–water partition coefficient (Wildman–Crippen LogP) is 3.27. The molecule has 2 aromatic carbocycles. The van der Waals surface area contributed by atoms with Gasteiger partial charge in [0, 0.05) is 30.2 Å². The van der Waals surface area contributed by atoms with Gasteiger partial charge in [-0.25, -0.2) is 8.42 Å². The first-order chi connectivity index (χ1) is 16.3. The van der Waals surface area contributed by atoms with Crippen molar-refractivity contribution in [3.05, 3.63) is 68.7 Å². The van der Waals surface area contributed by atoms with Gasteiger partial charge in [-0.05, 0) is 43.5 Å². The lowest BCUT2D eigenvalue weighted by Gasteiger charge is -2.31. The van der Waals surface area contributed by atoms with E-state index in [0.29, 0.717) is 29.1 Å². The molecule has 0 aromatic heterocycles. The number of carbonyl (C=O) groups is 2. The molecule has 0 spiro atoms. The van der Waals surface area contributed by atoms with Gasteiger partial charge in [-0.2, -0.15) is 0 Å². The number of nitrogens with zero attached hydrogens (tertiary/aromatic N) is 3. The molecule has 0 heterocycles. The highest BCUT2D eigenvalue weighted by atomic mass is 35.5. The molecule has 0 radical (unpaired) electrons. The molecule has 2 amide bonds. The van der Waals surface area contributed by atoms with E-state index in [9.17, 15) is 28.1 Å². The quantitative estimate of drug-likeness (QED) is 0.354. The lowest BCUT2D eigenvalue weighted by atomic mass is 10.1. The van der Waals surface area contributed by atoms with Crippen molar-refractivity contribution in [1.29, 1.82) is 0 Å². The Kier molecular flexibility index (Phi) is 9.61. The van der Waals surface area contributed by atoms with E-state index in [1.54, 1.807) is 38.1 Å². The van der Waals surface area contributed by atoms with Crippen LogP contribution in [0.25, 0.3) is 0 Å². The average Bonchev–Trinajstić information content (AvgIpc) is 2.78. The van der Waals surface area contributed by atoms with Crippen LogP contribution < -0.4 is 9.62 Å². The molecule has 2 rings (SSSR count). The number of rotatable bonds is 11. The fourth-order valence-corrected chi connectivity index (χ4v) is 4.50. The van der Waals surface area contributed by atoms with E-state index in [0.717, 1.165) is 16.6 Å². The van der Waals surface area contributed by atoms with E-state index in [1.165, 1.54) is 17.0 Å². The van der Waals surface area contributed by atoms with Crippen molar-refractivity contribution < 1.29 is 22.9 Å². The standard InChI is InChI=1S/C23H29ClN4O6S/c1-5-11-25-23(30)17(3)26(14-18-7-6-8-19(24)12-18)22(29)15-27(35(4,33)34)21-13-20(28(31)32)10-9-16(21)2/h6-10,12-13,17H,5,11,14-15H2,1-4H3,(H,25,30)/t17-/m0/s1. The Balaban J connectivity index is 2.47. The first-order valence-electron chi connectivity index (χ1n) is 10.9. The Morgan fingerprint density at radius 2 is 1.89 bits per heavy atom. The maximum Gasteiger partial charge on any atom is 0.271 e. The van der Waals surface area contributed by atoms with Crippen LogP contribution >= 0.6 is 11.6 Å². The smallest absolute Gasteiger partial charge is 0.271 e. The van der Waals surface area contributed by atoms with Crippen molar-refractivity contribution in [2.24, 2.45) is 0 Å². The maximum atomic E-state index is 13.5. The minimum absolute atomic E-state index is 0.00558. The highest BCUT2D eigenvalue weighted by Gasteiger charge is 2.31. The zero-order valence-corrected chi connectivity index (χ0v) is 21.6. The summed E-state index contributed by atoms with van der Waals surface area (Å²) >= 11 is 6.08. The van der Waals surface area contributed by atoms with Crippen LogP contribution in [0, 0.1) is 17.0 Å². The number of nitrogens with one attached hydrogen (secondary N) is 1. The molecule has 1 N–H and O–H groups in total. The van der Waals surface area contributed by atoms with Gasteiger partial charge in [0.15, 0.2) is 0 Å². The van der Waals surface area contributed by atoms with Crippen molar-refractivity contribution in [1.82, 2.24) is 10.2 Å². The number of nitro groups is 1. The molecular formula is C23H29ClN4O6S. The van der Waals surface area contributed by atoms with Gasteiger partial charge in [0.1, 0.15) is 12.6 Å². The summed E-state index contributed by atoms with van der Waals surface area (Å²) in [5.74, 6) is -1.04. The number of benzene rings is 2. The average molecular weight is 525 g/mol. The predicted molar refractivity (Wildman–Crippen MR) is 135 cm³/mol.